The summed E-state index contributed by atoms with van der Waals surface area (Å²) in [6.07, 6.45) is 0. The first-order valence-corrected chi connectivity index (χ1v) is 4.93. The minimum Gasteiger partial charge on any atom is -0.497 e. The molecule has 0 saturated heterocycles. The monoisotopic (exact) mass is 194 g/mol. The Kier molecular flexibility index (Phi) is 4.47. The minimum atomic E-state index is 0.591. The Labute approximate surface area is 85.8 Å². The Morgan fingerprint density at radius 2 is 1.79 bits per heavy atom. The summed E-state index contributed by atoms with van der Waals surface area (Å²) in [5.41, 5.74) is 1.19. The van der Waals surface area contributed by atoms with Crippen LogP contribution in [0.3, 0.4) is 0 Å². The molecule has 78 valence electrons. The maximum atomic E-state index is 5.51. The van der Waals surface area contributed by atoms with Crippen LogP contribution in [0.25, 0.3) is 0 Å². The van der Waals surface area contributed by atoms with Crippen LogP contribution in [-0.2, 0) is 11.3 Å². The highest BCUT2D eigenvalue weighted by Gasteiger charge is 1.96. The fourth-order valence-corrected chi connectivity index (χ4v) is 1.13. The quantitative estimate of drug-likeness (QED) is 0.717. The van der Waals surface area contributed by atoms with Crippen molar-refractivity contribution in [3.8, 4) is 5.75 Å². The van der Waals surface area contributed by atoms with Gasteiger partial charge in [-0.05, 0) is 23.6 Å². The molecule has 0 aliphatic heterocycles. The summed E-state index contributed by atoms with van der Waals surface area (Å²) in [6.45, 7) is 5.79. The molecule has 0 unspecified atom stereocenters. The zero-order valence-corrected chi connectivity index (χ0v) is 9.12. The molecule has 0 bridgehead atoms. The van der Waals surface area contributed by atoms with Crippen LogP contribution in [0.15, 0.2) is 24.3 Å². The van der Waals surface area contributed by atoms with E-state index in [1.807, 2.05) is 24.3 Å². The Morgan fingerprint density at radius 3 is 2.29 bits per heavy atom. The fraction of sp³-hybridized carbons (Fsp3) is 0.500. The number of ether oxygens (including phenoxy) is 2. The lowest BCUT2D eigenvalue weighted by atomic mass is 10.2. The maximum absolute atomic E-state index is 5.51. The van der Waals surface area contributed by atoms with Gasteiger partial charge >= 0.3 is 0 Å². The van der Waals surface area contributed by atoms with Gasteiger partial charge < -0.3 is 9.47 Å². The van der Waals surface area contributed by atoms with Gasteiger partial charge in [0, 0.05) is 6.61 Å². The fourth-order valence-electron chi connectivity index (χ4n) is 1.13. The lowest BCUT2D eigenvalue weighted by molar-refractivity contribution is 0.0970. The third-order valence-electron chi connectivity index (χ3n) is 1.88. The molecule has 0 fully saturated rings. The van der Waals surface area contributed by atoms with Gasteiger partial charge in [-0.25, -0.2) is 0 Å². The van der Waals surface area contributed by atoms with E-state index in [9.17, 15) is 0 Å². The zero-order valence-electron chi connectivity index (χ0n) is 9.12. The average molecular weight is 194 g/mol. The van der Waals surface area contributed by atoms with E-state index < -0.39 is 0 Å². The summed E-state index contributed by atoms with van der Waals surface area (Å²) in [6, 6.07) is 7.96. The van der Waals surface area contributed by atoms with Crippen LogP contribution < -0.4 is 4.74 Å². The van der Waals surface area contributed by atoms with Crippen molar-refractivity contribution in [3.63, 3.8) is 0 Å². The van der Waals surface area contributed by atoms with E-state index in [-0.39, 0.29) is 0 Å². The van der Waals surface area contributed by atoms with Crippen LogP contribution in [0, 0.1) is 5.92 Å². The van der Waals surface area contributed by atoms with Crippen LogP contribution in [0.5, 0.6) is 5.75 Å². The van der Waals surface area contributed by atoms with Crippen molar-refractivity contribution in [3.05, 3.63) is 29.8 Å². The second-order valence-electron chi connectivity index (χ2n) is 3.76. The van der Waals surface area contributed by atoms with Gasteiger partial charge in [0.05, 0.1) is 13.7 Å². The highest BCUT2D eigenvalue weighted by molar-refractivity contribution is 5.26. The molecule has 1 rings (SSSR count). The molecule has 0 spiro atoms. The summed E-state index contributed by atoms with van der Waals surface area (Å²) < 4.78 is 10.6. The van der Waals surface area contributed by atoms with Crippen LogP contribution in [0.4, 0.5) is 0 Å². The minimum absolute atomic E-state index is 0.591. The first kappa shape index (κ1) is 11.1. The topological polar surface area (TPSA) is 18.5 Å². The molecule has 0 aliphatic carbocycles. The molecule has 0 aromatic heterocycles. The van der Waals surface area contributed by atoms with E-state index >= 15 is 0 Å². The Morgan fingerprint density at radius 1 is 1.14 bits per heavy atom. The highest BCUT2D eigenvalue weighted by atomic mass is 16.5. The van der Waals surface area contributed by atoms with Crippen molar-refractivity contribution >= 4 is 0 Å². The molecular weight excluding hydrogens is 176 g/mol. The van der Waals surface area contributed by atoms with Gasteiger partial charge in [0.15, 0.2) is 0 Å². The predicted molar refractivity (Wildman–Crippen MR) is 57.5 cm³/mol. The number of hydrogen-bond acceptors (Lipinski definition) is 2. The predicted octanol–water partition coefficient (Wildman–Crippen LogP) is 2.87. The van der Waals surface area contributed by atoms with Gasteiger partial charge in [-0.15, -0.1) is 0 Å². The number of methoxy groups -OCH3 is 1. The van der Waals surface area contributed by atoms with Gasteiger partial charge in [0.2, 0.25) is 0 Å². The molecule has 0 aliphatic rings. The number of rotatable bonds is 5. The smallest absolute Gasteiger partial charge is 0.118 e. The molecular formula is C12H18O2. The standard InChI is InChI=1S/C12H18O2/c1-10(2)8-14-9-11-4-6-12(13-3)7-5-11/h4-7,10H,8-9H2,1-3H3. The van der Waals surface area contributed by atoms with Crippen LogP contribution in [-0.4, -0.2) is 13.7 Å². The van der Waals surface area contributed by atoms with Crippen molar-refractivity contribution < 1.29 is 9.47 Å². The van der Waals surface area contributed by atoms with Gasteiger partial charge in [-0.2, -0.15) is 0 Å². The molecule has 0 heterocycles. The Balaban J connectivity index is 2.36. The van der Waals surface area contributed by atoms with E-state index in [1.165, 1.54) is 5.56 Å². The van der Waals surface area contributed by atoms with Gasteiger partial charge in [0.1, 0.15) is 5.75 Å². The van der Waals surface area contributed by atoms with E-state index in [0.29, 0.717) is 12.5 Å². The Hall–Kier alpha value is -1.02. The average Bonchev–Trinajstić information content (AvgIpc) is 2.18. The lowest BCUT2D eigenvalue weighted by Gasteiger charge is -2.07. The summed E-state index contributed by atoms with van der Waals surface area (Å²) in [4.78, 5) is 0. The van der Waals surface area contributed by atoms with Crippen molar-refractivity contribution in [2.75, 3.05) is 13.7 Å². The van der Waals surface area contributed by atoms with Crippen LogP contribution in [0.2, 0.25) is 0 Å². The summed E-state index contributed by atoms with van der Waals surface area (Å²) >= 11 is 0. The third-order valence-corrected chi connectivity index (χ3v) is 1.88. The van der Waals surface area contributed by atoms with E-state index in [1.54, 1.807) is 7.11 Å². The van der Waals surface area contributed by atoms with E-state index in [0.717, 1.165) is 12.4 Å². The maximum Gasteiger partial charge on any atom is 0.118 e. The van der Waals surface area contributed by atoms with Gasteiger partial charge in [-0.3, -0.25) is 0 Å². The summed E-state index contributed by atoms with van der Waals surface area (Å²) in [7, 11) is 1.67. The van der Waals surface area contributed by atoms with Crippen LogP contribution in [0.1, 0.15) is 19.4 Å². The van der Waals surface area contributed by atoms with E-state index in [4.69, 9.17) is 9.47 Å². The normalized spacial score (nSPS) is 10.6. The molecule has 2 heteroatoms. The SMILES string of the molecule is COc1ccc(COCC(C)C)cc1. The molecule has 0 amide bonds. The second kappa shape index (κ2) is 5.66. The number of benzene rings is 1. The zero-order chi connectivity index (χ0) is 10.4. The molecule has 0 saturated carbocycles. The summed E-state index contributed by atoms with van der Waals surface area (Å²) in [5.74, 6) is 1.48. The molecule has 0 atom stereocenters. The molecule has 0 radical (unpaired) electrons. The molecule has 0 N–H and O–H groups in total. The summed E-state index contributed by atoms with van der Waals surface area (Å²) in [5, 5.41) is 0. The second-order valence-corrected chi connectivity index (χ2v) is 3.76. The van der Waals surface area contributed by atoms with Crippen LogP contribution >= 0.6 is 0 Å². The first-order chi connectivity index (χ1) is 6.72. The third kappa shape index (κ3) is 3.79. The van der Waals surface area contributed by atoms with Crippen molar-refractivity contribution in [2.45, 2.75) is 20.5 Å². The number of hydrogen-bond donors (Lipinski definition) is 0. The van der Waals surface area contributed by atoms with E-state index in [2.05, 4.69) is 13.8 Å². The van der Waals surface area contributed by atoms with Crippen molar-refractivity contribution in [1.82, 2.24) is 0 Å². The van der Waals surface area contributed by atoms with Crippen molar-refractivity contribution in [1.29, 1.82) is 0 Å². The largest absolute Gasteiger partial charge is 0.497 e. The molecule has 1 aromatic carbocycles. The highest BCUT2D eigenvalue weighted by Crippen LogP contribution is 2.12. The van der Waals surface area contributed by atoms with Gasteiger partial charge in [-0.1, -0.05) is 26.0 Å². The van der Waals surface area contributed by atoms with Crippen molar-refractivity contribution in [2.24, 2.45) is 5.92 Å². The first-order valence-electron chi connectivity index (χ1n) is 4.93. The molecule has 14 heavy (non-hydrogen) atoms. The molecule has 2 nitrogen and oxygen atoms in total. The molecule has 1 aromatic rings. The van der Waals surface area contributed by atoms with Gasteiger partial charge in [0.25, 0.3) is 0 Å². The lowest BCUT2D eigenvalue weighted by Crippen LogP contribution is -2.01. The Bertz CT molecular complexity index is 252.